The second-order valence-corrected chi connectivity index (χ2v) is 15.2. The van der Waals surface area contributed by atoms with Gasteiger partial charge in [-0.05, 0) is 102 Å². The third-order valence-electron chi connectivity index (χ3n) is 12.3. The Kier molecular flexibility index (Phi) is 8.75. The highest BCUT2D eigenvalue weighted by Gasteiger charge is 2.58. The molecule has 6 aliphatic rings. The first-order valence-corrected chi connectivity index (χ1v) is 18.7. The molecule has 0 saturated heterocycles. The molecule has 2 aromatic rings. The first kappa shape index (κ1) is 32.5. The summed E-state index contributed by atoms with van der Waals surface area (Å²) in [5.74, 6) is 1.69. The highest BCUT2D eigenvalue weighted by atomic mass is 16.5. The van der Waals surface area contributed by atoms with Crippen LogP contribution in [0, 0.1) is 11.8 Å². The molecule has 0 amide bonds. The molecule has 0 bridgehead atoms. The maximum atomic E-state index is 12.5. The zero-order valence-corrected chi connectivity index (χ0v) is 28.8. The van der Waals surface area contributed by atoms with Crippen molar-refractivity contribution in [2.45, 2.75) is 108 Å². The fourth-order valence-corrected chi connectivity index (χ4v) is 10.1. The van der Waals surface area contributed by atoms with Gasteiger partial charge in [0.2, 0.25) is 6.73 Å². The topological polar surface area (TPSA) is 122 Å². The predicted molar refractivity (Wildman–Crippen MR) is 191 cm³/mol. The maximum absolute atomic E-state index is 12.5. The Labute approximate surface area is 289 Å². The van der Waals surface area contributed by atoms with Gasteiger partial charge >= 0.3 is 0 Å². The average Bonchev–Trinajstić information content (AvgIpc) is 3.82. The summed E-state index contributed by atoms with van der Waals surface area (Å²) >= 11 is 0. The molecular formula is C41H51N4O4+. The van der Waals surface area contributed by atoms with E-state index in [0.29, 0.717) is 43.6 Å². The van der Waals surface area contributed by atoms with Gasteiger partial charge in [-0.1, -0.05) is 56.9 Å². The summed E-state index contributed by atoms with van der Waals surface area (Å²) in [6.07, 6.45) is 15.8. The summed E-state index contributed by atoms with van der Waals surface area (Å²) in [7, 11) is 0. The van der Waals surface area contributed by atoms with Gasteiger partial charge < -0.3 is 26.0 Å². The van der Waals surface area contributed by atoms with Crippen molar-refractivity contribution in [2.24, 2.45) is 22.6 Å². The molecule has 1 fully saturated rings. The third-order valence-corrected chi connectivity index (χ3v) is 12.3. The molecule has 6 N–H and O–H groups in total. The van der Waals surface area contributed by atoms with Gasteiger partial charge in [0.05, 0.1) is 11.7 Å². The van der Waals surface area contributed by atoms with Crippen molar-refractivity contribution in [3.63, 3.8) is 0 Å². The van der Waals surface area contributed by atoms with Crippen LogP contribution in [0.25, 0.3) is 5.57 Å². The second kappa shape index (κ2) is 13.2. The Morgan fingerprint density at radius 3 is 2.98 bits per heavy atom. The van der Waals surface area contributed by atoms with Crippen LogP contribution in [0.15, 0.2) is 70.6 Å². The van der Waals surface area contributed by atoms with Gasteiger partial charge in [0.25, 0.3) is 0 Å². The number of quaternary nitrogens is 1. The predicted octanol–water partition coefficient (Wildman–Crippen LogP) is 5.51. The van der Waals surface area contributed by atoms with E-state index in [0.717, 1.165) is 54.8 Å². The van der Waals surface area contributed by atoms with Crippen LogP contribution in [0.1, 0.15) is 112 Å². The van der Waals surface area contributed by atoms with E-state index in [9.17, 15) is 15.0 Å². The molecule has 8 rings (SSSR count). The number of carbonyl (C=O) groups excluding carboxylic acids is 1. The Balaban J connectivity index is 0.982. The molecule has 49 heavy (non-hydrogen) atoms. The highest BCUT2D eigenvalue weighted by Crippen LogP contribution is 2.65. The lowest BCUT2D eigenvalue weighted by atomic mass is 9.52. The molecule has 0 radical (unpaired) electrons. The minimum atomic E-state index is -0.560. The molecule has 3 heterocycles. The van der Waals surface area contributed by atoms with Gasteiger partial charge in [0, 0.05) is 30.2 Å². The van der Waals surface area contributed by atoms with Crippen molar-refractivity contribution in [2.75, 3.05) is 13.3 Å². The Morgan fingerprint density at radius 1 is 1.20 bits per heavy atom. The molecule has 1 unspecified atom stereocenters. The van der Waals surface area contributed by atoms with E-state index >= 15 is 0 Å². The number of allylic oxidation sites excluding steroid dienone is 3. The van der Waals surface area contributed by atoms with Crippen LogP contribution in [-0.2, 0) is 16.6 Å². The molecule has 3 aliphatic carbocycles. The van der Waals surface area contributed by atoms with Gasteiger partial charge in [-0.3, -0.25) is 14.7 Å². The molecule has 3 aliphatic heterocycles. The third kappa shape index (κ3) is 5.66. The number of benzene rings is 2. The number of nitrogens with one attached hydrogen (secondary N) is 2. The van der Waals surface area contributed by atoms with Gasteiger partial charge in [-0.15, -0.1) is 0 Å². The lowest BCUT2D eigenvalue weighted by Crippen LogP contribution is -3.07. The van der Waals surface area contributed by atoms with Crippen molar-refractivity contribution in [3.05, 3.63) is 87.9 Å². The van der Waals surface area contributed by atoms with Gasteiger partial charge in [-0.25, -0.2) is 0 Å². The number of rotatable bonds is 13. The van der Waals surface area contributed by atoms with E-state index in [2.05, 4.69) is 42.8 Å². The van der Waals surface area contributed by atoms with Crippen LogP contribution in [0.5, 0.6) is 11.5 Å². The molecule has 1 saturated carbocycles. The number of nitrogens with zero attached hydrogens (tertiary/aromatic N) is 1. The van der Waals surface area contributed by atoms with E-state index in [4.69, 9.17) is 15.5 Å². The summed E-state index contributed by atoms with van der Waals surface area (Å²) in [4.78, 5) is 18.7. The van der Waals surface area contributed by atoms with Crippen molar-refractivity contribution in [1.82, 2.24) is 5.32 Å². The highest BCUT2D eigenvalue weighted by molar-refractivity contribution is 6.09. The number of phenolic OH excluding ortho intramolecular Hbond substituents is 1. The Morgan fingerprint density at radius 2 is 2.10 bits per heavy atom. The lowest BCUT2D eigenvalue weighted by molar-refractivity contribution is -0.851. The summed E-state index contributed by atoms with van der Waals surface area (Å²) < 4.78 is 6.23. The van der Waals surface area contributed by atoms with E-state index in [-0.39, 0.29) is 29.5 Å². The number of hydrogen-bond acceptors (Lipinski definition) is 7. The van der Waals surface area contributed by atoms with Gasteiger partial charge in [0.15, 0.2) is 11.5 Å². The SMILES string of the molecule is CCCCC[C@@H](O)CC(=O)CCc1ccc(O)c(OC[NH+]2C=C3C([C@]45CCC[C@H]4[C@@H]4CCCC6=C4c4c(cccc45)[C@H](N)N6)=CN=C3C2)c1. The van der Waals surface area contributed by atoms with Crippen LogP contribution in [0.3, 0.4) is 0 Å². The lowest BCUT2D eigenvalue weighted by Gasteiger charge is -2.52. The minimum Gasteiger partial charge on any atom is -0.504 e. The standard InChI is InChI=1S/C41H50N4O4/c1-2-3-4-8-26(46)20-27(47)16-14-25-15-17-36(48)37(19-25)49-24-45-22-30-33(21-43-35(30)23-45)41-18-7-12-31(41)28-9-6-13-34-39(28)38-29(40(42)44-34)10-5-11-32(38)41/h5,10-11,15,17,19,21-22,26,28,31,40,44,46,48H,2-4,6-9,12-14,16,18,20,23-24,42H2,1H3/p+1/t26-,28+,31+,40-,41-/m1/s1. The van der Waals surface area contributed by atoms with Gasteiger partial charge in [0.1, 0.15) is 30.4 Å². The molecule has 0 aromatic heterocycles. The number of Topliss-reactive ketones (excluding diaryl/α,β-unsaturated/α-hetero) is 1. The van der Waals surface area contributed by atoms with E-state index in [1.165, 1.54) is 59.2 Å². The number of aliphatic hydroxyl groups excluding tert-OH is 1. The fourth-order valence-electron chi connectivity index (χ4n) is 10.1. The van der Waals surface area contributed by atoms with Crippen molar-refractivity contribution in [1.29, 1.82) is 0 Å². The average molecular weight is 664 g/mol. The summed E-state index contributed by atoms with van der Waals surface area (Å²) in [5, 5.41) is 24.5. The van der Waals surface area contributed by atoms with Crippen molar-refractivity contribution < 1.29 is 24.6 Å². The number of phenols is 1. The number of ketones is 1. The Bertz CT molecular complexity index is 1770. The van der Waals surface area contributed by atoms with E-state index < -0.39 is 6.10 Å². The monoisotopic (exact) mass is 663 g/mol. The van der Waals surface area contributed by atoms with E-state index in [1.807, 2.05) is 12.1 Å². The molecule has 8 heteroatoms. The Hall–Kier alpha value is -3.72. The fraction of sp³-hybridized carbons (Fsp3) is 0.512. The van der Waals surface area contributed by atoms with Crippen LogP contribution >= 0.6 is 0 Å². The number of unbranched alkanes of at least 4 members (excludes halogenated alkanes) is 2. The summed E-state index contributed by atoms with van der Waals surface area (Å²) in [5.41, 5.74) is 18.4. The number of nitrogens with two attached hydrogens (primary N) is 1. The number of hydrogen-bond donors (Lipinski definition) is 5. The van der Waals surface area contributed by atoms with Crippen LogP contribution in [0.2, 0.25) is 0 Å². The zero-order chi connectivity index (χ0) is 33.7. The number of ether oxygens (including phenoxy) is 1. The smallest absolute Gasteiger partial charge is 0.227 e. The first-order chi connectivity index (χ1) is 23.9. The van der Waals surface area contributed by atoms with Crippen molar-refractivity contribution >= 4 is 17.1 Å². The van der Waals surface area contributed by atoms with Crippen LogP contribution in [-0.4, -0.2) is 41.1 Å². The molecule has 8 nitrogen and oxygen atoms in total. The number of aryl methyl sites for hydroxylation is 1. The largest absolute Gasteiger partial charge is 0.504 e. The van der Waals surface area contributed by atoms with Crippen LogP contribution < -0.4 is 20.7 Å². The van der Waals surface area contributed by atoms with Crippen LogP contribution in [0.4, 0.5) is 0 Å². The van der Waals surface area contributed by atoms with Gasteiger partial charge in [-0.2, -0.15) is 0 Å². The quantitative estimate of drug-likeness (QED) is 0.181. The number of fused-ring (bicyclic) bond motifs is 4. The number of aromatic hydroxyl groups is 1. The summed E-state index contributed by atoms with van der Waals surface area (Å²) in [6, 6.07) is 12.2. The number of aliphatic hydroxyl groups is 1. The molecule has 2 aromatic carbocycles. The number of aliphatic imine (C=N–C) groups is 1. The second-order valence-electron chi connectivity index (χ2n) is 15.2. The molecule has 6 atom stereocenters. The normalized spacial score (nSPS) is 28.2. The number of carbonyl (C=O) groups is 1. The summed E-state index contributed by atoms with van der Waals surface area (Å²) in [6.45, 7) is 3.24. The van der Waals surface area contributed by atoms with E-state index in [1.54, 1.807) is 11.6 Å². The molecular weight excluding hydrogens is 612 g/mol. The van der Waals surface area contributed by atoms with Crippen molar-refractivity contribution in [3.8, 4) is 11.5 Å². The maximum Gasteiger partial charge on any atom is 0.227 e. The zero-order valence-electron chi connectivity index (χ0n) is 28.8. The minimum absolute atomic E-state index is 0.0671. The molecule has 258 valence electrons. The molecule has 0 spiro atoms. The first-order valence-electron chi connectivity index (χ1n) is 18.7.